The van der Waals surface area contributed by atoms with Crippen LogP contribution in [-0.4, -0.2) is 18.4 Å². The number of hydrogen-bond donors (Lipinski definition) is 2. The van der Waals surface area contributed by atoms with Crippen LogP contribution in [-0.2, 0) is 16.0 Å². The first-order valence-corrected chi connectivity index (χ1v) is 8.57. The van der Waals surface area contributed by atoms with Gasteiger partial charge in [-0.2, -0.15) is 0 Å². The van der Waals surface area contributed by atoms with Crippen molar-refractivity contribution in [2.45, 2.75) is 18.2 Å². The van der Waals surface area contributed by atoms with Gasteiger partial charge in [0, 0.05) is 17.5 Å². The van der Waals surface area contributed by atoms with Crippen molar-refractivity contribution < 1.29 is 9.59 Å². The third-order valence-electron chi connectivity index (χ3n) is 3.67. The fraction of sp³-hybridized carbons (Fsp3) is 0.158. The Labute approximate surface area is 145 Å². The summed E-state index contributed by atoms with van der Waals surface area (Å²) in [7, 11) is 0. The monoisotopic (exact) mass is 338 g/mol. The summed E-state index contributed by atoms with van der Waals surface area (Å²) in [6.07, 6.45) is 2.13. The van der Waals surface area contributed by atoms with E-state index in [1.165, 1.54) is 29.0 Å². The number of rotatable bonds is 4. The second-order valence-corrected chi connectivity index (χ2v) is 6.67. The first kappa shape index (κ1) is 16.3. The number of amides is 2. The van der Waals surface area contributed by atoms with E-state index in [1.54, 1.807) is 0 Å². The molecule has 3 rings (SSSR count). The van der Waals surface area contributed by atoms with E-state index in [9.17, 15) is 9.59 Å². The molecule has 0 unspecified atom stereocenters. The minimum atomic E-state index is -0.251. The van der Waals surface area contributed by atoms with Crippen molar-refractivity contribution in [2.75, 3.05) is 11.9 Å². The highest BCUT2D eigenvalue weighted by Gasteiger charge is 2.21. The molecule has 1 aliphatic rings. The predicted molar refractivity (Wildman–Crippen MR) is 96.9 cm³/mol. The van der Waals surface area contributed by atoms with Gasteiger partial charge in [0.2, 0.25) is 5.91 Å². The third-order valence-corrected chi connectivity index (χ3v) is 4.77. The largest absolute Gasteiger partial charge is 0.352 e. The van der Waals surface area contributed by atoms with Crippen LogP contribution < -0.4 is 10.6 Å². The van der Waals surface area contributed by atoms with E-state index in [0.29, 0.717) is 11.4 Å². The molecule has 0 atom stereocenters. The lowest BCUT2D eigenvalue weighted by Crippen LogP contribution is -2.26. The molecule has 2 aromatic carbocycles. The summed E-state index contributed by atoms with van der Waals surface area (Å²) in [4.78, 5) is 25.4. The average Bonchev–Trinajstić information content (AvgIpc) is 2.57. The molecule has 0 saturated carbocycles. The molecule has 0 fully saturated rings. The number of nitrogens with one attached hydrogen (secondary N) is 2. The molecular formula is C19H18N2O2S. The highest BCUT2D eigenvalue weighted by atomic mass is 32.2. The lowest BCUT2D eigenvalue weighted by Gasteiger charge is -2.17. The molecule has 2 N–H and O–H groups in total. The molecule has 0 radical (unpaired) electrons. The van der Waals surface area contributed by atoms with E-state index in [2.05, 4.69) is 34.9 Å². The Balaban J connectivity index is 1.57. The van der Waals surface area contributed by atoms with E-state index >= 15 is 0 Å². The number of benzene rings is 2. The van der Waals surface area contributed by atoms with Gasteiger partial charge in [0.15, 0.2) is 0 Å². The zero-order valence-electron chi connectivity index (χ0n) is 13.3. The van der Waals surface area contributed by atoms with Crippen LogP contribution in [0.5, 0.6) is 0 Å². The first-order chi connectivity index (χ1) is 11.6. The number of carbonyl (C=O) groups excluding carboxylic acids is 2. The standard InChI is InChI=1S/C19H18N2O2S/c1-13-6-8-14(9-7-13)10-11-20-18(22)12-17-19(23)21-15-4-2-3-5-16(15)24-17/h2-9,12H,10-11H2,1H3,(H,20,22)(H,21,23). The second-order valence-electron chi connectivity index (χ2n) is 5.59. The van der Waals surface area contributed by atoms with Crippen LogP contribution in [0.2, 0.25) is 0 Å². The molecule has 2 amide bonds. The predicted octanol–water partition coefficient (Wildman–Crippen LogP) is 3.28. The fourth-order valence-electron chi connectivity index (χ4n) is 2.36. The van der Waals surface area contributed by atoms with Crippen LogP contribution in [0, 0.1) is 6.92 Å². The molecule has 1 heterocycles. The lowest BCUT2D eigenvalue weighted by atomic mass is 10.1. The highest BCUT2D eigenvalue weighted by Crippen LogP contribution is 2.37. The first-order valence-electron chi connectivity index (χ1n) is 7.75. The minimum absolute atomic E-state index is 0.243. The summed E-state index contributed by atoms with van der Waals surface area (Å²) >= 11 is 1.31. The molecule has 0 aromatic heterocycles. The van der Waals surface area contributed by atoms with Crippen LogP contribution in [0.4, 0.5) is 5.69 Å². The van der Waals surface area contributed by atoms with Gasteiger partial charge in [-0.15, -0.1) is 0 Å². The minimum Gasteiger partial charge on any atom is -0.352 e. The van der Waals surface area contributed by atoms with Crippen LogP contribution in [0.3, 0.4) is 0 Å². The molecule has 0 saturated heterocycles. The number of anilines is 1. The topological polar surface area (TPSA) is 58.2 Å². The van der Waals surface area contributed by atoms with Crippen molar-refractivity contribution in [3.05, 3.63) is 70.6 Å². The Kier molecular flexibility index (Phi) is 5.01. The summed E-state index contributed by atoms with van der Waals surface area (Å²) in [6, 6.07) is 15.8. The van der Waals surface area contributed by atoms with Gasteiger partial charge in [-0.25, -0.2) is 0 Å². The van der Waals surface area contributed by atoms with Crippen LogP contribution in [0.15, 0.2) is 64.4 Å². The Morgan fingerprint density at radius 1 is 1.17 bits per heavy atom. The Morgan fingerprint density at radius 3 is 2.71 bits per heavy atom. The molecule has 4 nitrogen and oxygen atoms in total. The molecular weight excluding hydrogens is 320 g/mol. The number of para-hydroxylation sites is 1. The van der Waals surface area contributed by atoms with E-state index in [4.69, 9.17) is 0 Å². The number of carbonyl (C=O) groups is 2. The van der Waals surface area contributed by atoms with Crippen molar-refractivity contribution in [1.29, 1.82) is 0 Å². The Bertz CT molecular complexity index is 797. The molecule has 2 aromatic rings. The lowest BCUT2D eigenvalue weighted by molar-refractivity contribution is -0.117. The van der Waals surface area contributed by atoms with E-state index in [0.717, 1.165) is 17.0 Å². The van der Waals surface area contributed by atoms with Crippen molar-refractivity contribution >= 4 is 29.3 Å². The SMILES string of the molecule is Cc1ccc(CCNC(=O)C=C2Sc3ccccc3NC2=O)cc1. The Morgan fingerprint density at radius 2 is 1.92 bits per heavy atom. The van der Waals surface area contributed by atoms with Crippen molar-refractivity contribution in [3.63, 3.8) is 0 Å². The van der Waals surface area contributed by atoms with Gasteiger partial charge in [0.1, 0.15) is 0 Å². The molecule has 5 heteroatoms. The third kappa shape index (κ3) is 4.06. The van der Waals surface area contributed by atoms with Crippen LogP contribution in [0.1, 0.15) is 11.1 Å². The zero-order valence-corrected chi connectivity index (χ0v) is 14.2. The molecule has 24 heavy (non-hydrogen) atoms. The van der Waals surface area contributed by atoms with Gasteiger partial charge >= 0.3 is 0 Å². The number of hydrogen-bond acceptors (Lipinski definition) is 3. The molecule has 0 aliphatic carbocycles. The van der Waals surface area contributed by atoms with Gasteiger partial charge in [0.05, 0.1) is 10.6 Å². The van der Waals surface area contributed by atoms with Crippen molar-refractivity contribution in [2.24, 2.45) is 0 Å². The van der Waals surface area contributed by atoms with Gasteiger partial charge in [-0.3, -0.25) is 9.59 Å². The molecule has 0 bridgehead atoms. The van der Waals surface area contributed by atoms with Crippen LogP contribution >= 0.6 is 11.8 Å². The second kappa shape index (κ2) is 7.36. The normalized spacial score (nSPS) is 14.9. The fourth-order valence-corrected chi connectivity index (χ4v) is 3.28. The molecule has 1 aliphatic heterocycles. The Hall–Kier alpha value is -2.53. The van der Waals surface area contributed by atoms with E-state index in [-0.39, 0.29) is 11.8 Å². The number of aryl methyl sites for hydroxylation is 1. The molecule has 0 spiro atoms. The van der Waals surface area contributed by atoms with Gasteiger partial charge in [0.25, 0.3) is 5.91 Å². The van der Waals surface area contributed by atoms with Gasteiger partial charge in [-0.1, -0.05) is 53.7 Å². The number of thioether (sulfide) groups is 1. The van der Waals surface area contributed by atoms with Gasteiger partial charge in [-0.05, 0) is 31.0 Å². The average molecular weight is 338 g/mol. The smallest absolute Gasteiger partial charge is 0.262 e. The maximum absolute atomic E-state index is 12.0. The number of fused-ring (bicyclic) bond motifs is 1. The summed E-state index contributed by atoms with van der Waals surface area (Å²) in [5.41, 5.74) is 3.17. The maximum Gasteiger partial charge on any atom is 0.262 e. The van der Waals surface area contributed by atoms with Crippen LogP contribution in [0.25, 0.3) is 0 Å². The zero-order chi connectivity index (χ0) is 16.9. The summed E-state index contributed by atoms with van der Waals surface area (Å²) in [5.74, 6) is -0.494. The summed E-state index contributed by atoms with van der Waals surface area (Å²) in [6.45, 7) is 2.58. The highest BCUT2D eigenvalue weighted by molar-refractivity contribution is 8.04. The maximum atomic E-state index is 12.0. The van der Waals surface area contributed by atoms with Gasteiger partial charge < -0.3 is 10.6 Å². The summed E-state index contributed by atoms with van der Waals surface area (Å²) < 4.78 is 0. The molecule has 122 valence electrons. The van der Waals surface area contributed by atoms with E-state index < -0.39 is 0 Å². The van der Waals surface area contributed by atoms with Crippen molar-refractivity contribution in [1.82, 2.24) is 5.32 Å². The van der Waals surface area contributed by atoms with E-state index in [1.807, 2.05) is 31.2 Å². The summed E-state index contributed by atoms with van der Waals surface area (Å²) in [5, 5.41) is 5.62. The van der Waals surface area contributed by atoms with Crippen molar-refractivity contribution in [3.8, 4) is 0 Å². The quantitative estimate of drug-likeness (QED) is 0.841.